The molecule has 0 saturated carbocycles. The van der Waals surface area contributed by atoms with E-state index in [9.17, 15) is 14.9 Å². The van der Waals surface area contributed by atoms with Crippen molar-refractivity contribution >= 4 is 37.8 Å². The minimum atomic E-state index is -0.266. The normalized spacial score (nSPS) is 27.9. The quantitative estimate of drug-likeness (QED) is 0.647. The SMILES string of the molecule is N#C[C@@H]1CCCN1C(=O)CN1C[C@H]2C[C@H](C1)c1c(Br)cc(Br)c(=O)n1C2. The van der Waals surface area contributed by atoms with E-state index in [1.165, 1.54) is 0 Å². The molecule has 6 nitrogen and oxygen atoms in total. The molecule has 0 N–H and O–H groups in total. The van der Waals surface area contributed by atoms with Crippen LogP contribution in [0.25, 0.3) is 0 Å². The fourth-order valence-electron chi connectivity index (χ4n) is 4.71. The van der Waals surface area contributed by atoms with Crippen molar-refractivity contribution in [3.8, 4) is 6.07 Å². The van der Waals surface area contributed by atoms with Crippen LogP contribution in [-0.4, -0.2) is 52.5 Å². The molecule has 3 aliphatic heterocycles. The zero-order valence-electron chi connectivity index (χ0n) is 14.3. The van der Waals surface area contributed by atoms with E-state index in [1.807, 2.05) is 10.6 Å². The lowest BCUT2D eigenvalue weighted by molar-refractivity contribution is -0.133. The van der Waals surface area contributed by atoms with E-state index in [4.69, 9.17) is 0 Å². The van der Waals surface area contributed by atoms with Gasteiger partial charge in [0, 0.05) is 42.3 Å². The summed E-state index contributed by atoms with van der Waals surface area (Å²) < 4.78 is 3.42. The molecule has 2 saturated heterocycles. The van der Waals surface area contributed by atoms with E-state index in [0.717, 1.165) is 42.5 Å². The second-order valence-corrected chi connectivity index (χ2v) is 9.22. The van der Waals surface area contributed by atoms with Gasteiger partial charge in [0.05, 0.1) is 17.1 Å². The highest BCUT2D eigenvalue weighted by Gasteiger charge is 2.38. The molecule has 1 aromatic heterocycles. The van der Waals surface area contributed by atoms with Gasteiger partial charge in [0.2, 0.25) is 5.91 Å². The molecule has 4 heterocycles. The van der Waals surface area contributed by atoms with Crippen molar-refractivity contribution < 1.29 is 4.79 Å². The first kappa shape index (κ1) is 18.2. The van der Waals surface area contributed by atoms with Crippen molar-refractivity contribution in [3.63, 3.8) is 0 Å². The molecule has 1 aromatic rings. The van der Waals surface area contributed by atoms with Gasteiger partial charge in [0.15, 0.2) is 0 Å². The number of likely N-dealkylation sites (tertiary alicyclic amines) is 2. The lowest BCUT2D eigenvalue weighted by atomic mass is 9.83. The minimum absolute atomic E-state index is 0.0244. The van der Waals surface area contributed by atoms with Crippen molar-refractivity contribution in [1.29, 1.82) is 5.26 Å². The highest BCUT2D eigenvalue weighted by molar-refractivity contribution is 9.11. The highest BCUT2D eigenvalue weighted by atomic mass is 79.9. The maximum atomic E-state index is 12.7. The number of amides is 1. The first-order valence-electron chi connectivity index (χ1n) is 8.98. The fourth-order valence-corrected chi connectivity index (χ4v) is 6.23. The first-order chi connectivity index (χ1) is 12.5. The van der Waals surface area contributed by atoms with Crippen molar-refractivity contribution in [2.75, 3.05) is 26.2 Å². The Morgan fingerprint density at radius 3 is 2.85 bits per heavy atom. The third kappa shape index (κ3) is 3.14. The van der Waals surface area contributed by atoms with E-state index >= 15 is 0 Å². The van der Waals surface area contributed by atoms with Gasteiger partial charge in [-0.15, -0.1) is 0 Å². The van der Waals surface area contributed by atoms with Gasteiger partial charge < -0.3 is 9.47 Å². The number of halogens is 2. The lowest BCUT2D eigenvalue weighted by Crippen LogP contribution is -2.51. The van der Waals surface area contributed by atoms with Gasteiger partial charge in [0.1, 0.15) is 6.04 Å². The van der Waals surface area contributed by atoms with E-state index in [-0.39, 0.29) is 23.4 Å². The maximum absolute atomic E-state index is 12.7. The van der Waals surface area contributed by atoms with Gasteiger partial charge in [0.25, 0.3) is 5.56 Å². The number of nitriles is 1. The summed E-state index contributed by atoms with van der Waals surface area (Å²) >= 11 is 6.96. The summed E-state index contributed by atoms with van der Waals surface area (Å²) in [6.07, 6.45) is 2.74. The Kier molecular flexibility index (Phi) is 4.97. The zero-order chi connectivity index (χ0) is 18.4. The Morgan fingerprint density at radius 1 is 1.27 bits per heavy atom. The molecule has 26 heavy (non-hydrogen) atoms. The van der Waals surface area contributed by atoms with Gasteiger partial charge in [-0.25, -0.2) is 0 Å². The zero-order valence-corrected chi connectivity index (χ0v) is 17.5. The van der Waals surface area contributed by atoms with Crippen LogP contribution in [0.1, 0.15) is 30.9 Å². The molecule has 1 amide bonds. The van der Waals surface area contributed by atoms with Crippen LogP contribution in [0.15, 0.2) is 19.8 Å². The van der Waals surface area contributed by atoms with Crippen LogP contribution in [-0.2, 0) is 11.3 Å². The number of piperidine rings is 1. The third-order valence-corrected chi connectivity index (χ3v) is 6.96. The van der Waals surface area contributed by atoms with Gasteiger partial charge in [-0.2, -0.15) is 5.26 Å². The second-order valence-electron chi connectivity index (χ2n) is 7.51. The van der Waals surface area contributed by atoms with Gasteiger partial charge in [-0.05, 0) is 63.1 Å². The Balaban J connectivity index is 1.53. The average Bonchev–Trinajstić information content (AvgIpc) is 3.08. The van der Waals surface area contributed by atoms with Crippen LogP contribution >= 0.6 is 31.9 Å². The molecule has 8 heteroatoms. The molecule has 2 bridgehead atoms. The van der Waals surface area contributed by atoms with Crippen LogP contribution in [0, 0.1) is 17.2 Å². The number of hydrogen-bond acceptors (Lipinski definition) is 4. The molecule has 0 spiro atoms. The van der Waals surface area contributed by atoms with Crippen LogP contribution < -0.4 is 5.56 Å². The number of carbonyl (C=O) groups excluding carboxylic acids is 1. The molecule has 4 rings (SSSR count). The van der Waals surface area contributed by atoms with Crippen molar-refractivity contribution in [1.82, 2.24) is 14.4 Å². The largest absolute Gasteiger partial charge is 0.326 e. The molecule has 0 aromatic carbocycles. The number of pyridine rings is 1. The smallest absolute Gasteiger partial charge is 0.265 e. The third-order valence-electron chi connectivity index (χ3n) is 5.76. The average molecular weight is 484 g/mol. The molecule has 2 fully saturated rings. The summed E-state index contributed by atoms with van der Waals surface area (Å²) in [7, 11) is 0. The predicted molar refractivity (Wildman–Crippen MR) is 104 cm³/mol. The number of nitrogens with zero attached hydrogens (tertiary/aromatic N) is 4. The molecule has 0 unspecified atom stereocenters. The van der Waals surface area contributed by atoms with Crippen molar-refractivity contribution in [3.05, 3.63) is 31.1 Å². The Morgan fingerprint density at radius 2 is 2.08 bits per heavy atom. The molecular weight excluding hydrogens is 464 g/mol. The second kappa shape index (κ2) is 7.10. The number of rotatable bonds is 2. The van der Waals surface area contributed by atoms with Crippen molar-refractivity contribution in [2.45, 2.75) is 37.8 Å². The molecular formula is C18H20Br2N4O2. The predicted octanol–water partition coefficient (Wildman–Crippen LogP) is 2.31. The molecule has 138 valence electrons. The Labute approximate surface area is 169 Å². The summed E-state index contributed by atoms with van der Waals surface area (Å²) in [4.78, 5) is 29.1. The van der Waals surface area contributed by atoms with Gasteiger partial charge in [-0.1, -0.05) is 0 Å². The lowest BCUT2D eigenvalue weighted by Gasteiger charge is -2.43. The highest BCUT2D eigenvalue weighted by Crippen LogP contribution is 2.39. The number of aromatic nitrogens is 1. The number of fused-ring (bicyclic) bond motifs is 4. The van der Waals surface area contributed by atoms with E-state index in [0.29, 0.717) is 30.0 Å². The van der Waals surface area contributed by atoms with Crippen LogP contribution in [0.3, 0.4) is 0 Å². The standard InChI is InChI=1S/C18H20Br2N4O2/c19-14-5-15(20)18(26)24-8-11-4-12(17(14)24)9-22(7-11)10-16(25)23-3-1-2-13(23)6-21/h5,11-13H,1-4,7-10H2/t11-,12-,13+/m1/s1. The van der Waals surface area contributed by atoms with Crippen LogP contribution in [0.4, 0.5) is 0 Å². The molecule has 0 radical (unpaired) electrons. The van der Waals surface area contributed by atoms with Crippen LogP contribution in [0.2, 0.25) is 0 Å². The molecule has 3 aliphatic rings. The summed E-state index contributed by atoms with van der Waals surface area (Å²) in [5.74, 6) is 0.676. The summed E-state index contributed by atoms with van der Waals surface area (Å²) in [5.41, 5.74) is 1.07. The van der Waals surface area contributed by atoms with E-state index < -0.39 is 0 Å². The fraction of sp³-hybridized carbons (Fsp3) is 0.611. The summed E-state index contributed by atoms with van der Waals surface area (Å²) in [6.45, 7) is 3.34. The summed E-state index contributed by atoms with van der Waals surface area (Å²) in [6, 6.07) is 3.81. The number of carbonyl (C=O) groups is 1. The van der Waals surface area contributed by atoms with Crippen LogP contribution in [0.5, 0.6) is 0 Å². The minimum Gasteiger partial charge on any atom is -0.326 e. The van der Waals surface area contributed by atoms with Gasteiger partial charge in [-0.3, -0.25) is 14.5 Å². The number of hydrogen-bond donors (Lipinski definition) is 0. The van der Waals surface area contributed by atoms with E-state index in [2.05, 4.69) is 42.8 Å². The molecule has 0 aliphatic carbocycles. The van der Waals surface area contributed by atoms with E-state index in [1.54, 1.807) is 4.90 Å². The first-order valence-corrected chi connectivity index (χ1v) is 10.6. The van der Waals surface area contributed by atoms with Gasteiger partial charge >= 0.3 is 0 Å². The van der Waals surface area contributed by atoms with Crippen molar-refractivity contribution in [2.24, 2.45) is 5.92 Å². The molecule has 3 atom stereocenters. The maximum Gasteiger partial charge on any atom is 0.265 e. The Bertz CT molecular complexity index is 847. The Hall–Kier alpha value is -1.17. The monoisotopic (exact) mass is 482 g/mol. The topological polar surface area (TPSA) is 69.3 Å². The summed E-state index contributed by atoms with van der Waals surface area (Å²) in [5, 5.41) is 9.21.